The fraction of sp³-hybridized carbons (Fsp3) is 0.235. The predicted octanol–water partition coefficient (Wildman–Crippen LogP) is 6.09. The Bertz CT molecular complexity index is 1650. The van der Waals surface area contributed by atoms with Crippen LogP contribution in [0.3, 0.4) is 0 Å². The van der Waals surface area contributed by atoms with Gasteiger partial charge < -0.3 is 10.2 Å². The summed E-state index contributed by atoms with van der Waals surface area (Å²) in [6, 6.07) is 27.9. The molecule has 0 spiro atoms. The molecule has 2 amide bonds. The Hall–Kier alpha value is -4.21. The molecule has 0 aliphatic carbocycles. The lowest BCUT2D eigenvalue weighted by atomic mass is 10.0. The van der Waals surface area contributed by atoms with Crippen molar-refractivity contribution in [2.24, 2.45) is 5.92 Å². The molecule has 1 N–H and O–H groups in total. The van der Waals surface area contributed by atoms with Gasteiger partial charge in [0.15, 0.2) is 0 Å². The molecule has 0 heterocycles. The number of amides is 2. The third-order valence-electron chi connectivity index (χ3n) is 6.93. The standard InChI is InChI=1S/C34H35ClFN3O4S/c1-25(2)22-37-34(41)32(20-26-10-5-3-6-11-26)38(23-27-16-18-29(36)19-17-27)33(40)24-39(30-13-9-12-28(35)21-30)44(42,43)31-14-7-4-8-15-31/h3-19,21,25,32H,20,22-24H2,1-2H3,(H,37,41)/t32-/m0/s1. The maximum Gasteiger partial charge on any atom is 0.264 e. The Labute approximate surface area is 263 Å². The molecule has 0 unspecified atom stereocenters. The van der Waals surface area contributed by atoms with Gasteiger partial charge in [0.1, 0.15) is 18.4 Å². The smallest absolute Gasteiger partial charge is 0.264 e. The first-order chi connectivity index (χ1) is 21.0. The zero-order valence-electron chi connectivity index (χ0n) is 24.6. The van der Waals surface area contributed by atoms with Gasteiger partial charge in [-0.1, -0.05) is 92.2 Å². The summed E-state index contributed by atoms with van der Waals surface area (Å²) >= 11 is 6.25. The molecule has 0 saturated carbocycles. The van der Waals surface area contributed by atoms with E-state index in [2.05, 4.69) is 5.32 Å². The summed E-state index contributed by atoms with van der Waals surface area (Å²) in [6.45, 7) is 3.65. The van der Waals surface area contributed by atoms with E-state index >= 15 is 0 Å². The zero-order valence-corrected chi connectivity index (χ0v) is 26.1. The van der Waals surface area contributed by atoms with Crippen LogP contribution in [0.25, 0.3) is 0 Å². The lowest BCUT2D eigenvalue weighted by molar-refractivity contribution is -0.140. The van der Waals surface area contributed by atoms with Gasteiger partial charge in [-0.3, -0.25) is 13.9 Å². The van der Waals surface area contributed by atoms with Crippen LogP contribution in [0.1, 0.15) is 25.0 Å². The van der Waals surface area contributed by atoms with Gasteiger partial charge in [-0.25, -0.2) is 12.8 Å². The number of nitrogens with zero attached hydrogens (tertiary/aromatic N) is 2. The lowest BCUT2D eigenvalue weighted by Crippen LogP contribution is -2.53. The lowest BCUT2D eigenvalue weighted by Gasteiger charge is -2.34. The van der Waals surface area contributed by atoms with Crippen LogP contribution in [0.15, 0.2) is 114 Å². The summed E-state index contributed by atoms with van der Waals surface area (Å²) in [5, 5.41) is 3.23. The first kappa shape index (κ1) is 32.7. The van der Waals surface area contributed by atoms with Gasteiger partial charge in [-0.15, -0.1) is 0 Å². The van der Waals surface area contributed by atoms with Gasteiger partial charge in [-0.05, 0) is 59.5 Å². The van der Waals surface area contributed by atoms with E-state index in [0.717, 1.165) is 9.87 Å². The summed E-state index contributed by atoms with van der Waals surface area (Å²) < 4.78 is 42.7. The van der Waals surface area contributed by atoms with Crippen molar-refractivity contribution in [2.45, 2.75) is 37.8 Å². The molecule has 10 heteroatoms. The van der Waals surface area contributed by atoms with Crippen molar-refractivity contribution in [3.63, 3.8) is 0 Å². The summed E-state index contributed by atoms with van der Waals surface area (Å²) in [5.41, 5.74) is 1.59. The predicted molar refractivity (Wildman–Crippen MR) is 171 cm³/mol. The molecule has 0 radical (unpaired) electrons. The Balaban J connectivity index is 1.79. The highest BCUT2D eigenvalue weighted by Gasteiger charge is 2.34. The van der Waals surface area contributed by atoms with Crippen molar-refractivity contribution in [1.29, 1.82) is 0 Å². The van der Waals surface area contributed by atoms with Crippen molar-refractivity contribution in [2.75, 3.05) is 17.4 Å². The molecule has 4 aromatic rings. The fourth-order valence-electron chi connectivity index (χ4n) is 4.64. The minimum absolute atomic E-state index is 0.00614. The number of carbonyl (C=O) groups excluding carboxylic acids is 2. The summed E-state index contributed by atoms with van der Waals surface area (Å²) in [5.74, 6) is -1.28. The molecule has 0 aromatic heterocycles. The minimum Gasteiger partial charge on any atom is -0.354 e. The van der Waals surface area contributed by atoms with E-state index in [9.17, 15) is 22.4 Å². The van der Waals surface area contributed by atoms with Crippen molar-refractivity contribution in [1.82, 2.24) is 10.2 Å². The number of rotatable bonds is 13. The second kappa shape index (κ2) is 15.0. The van der Waals surface area contributed by atoms with E-state index in [-0.39, 0.29) is 35.4 Å². The number of sulfonamides is 1. The number of nitrogens with one attached hydrogen (secondary N) is 1. The monoisotopic (exact) mass is 635 g/mol. The molecule has 0 aliphatic heterocycles. The van der Waals surface area contributed by atoms with Crippen LogP contribution in [0.5, 0.6) is 0 Å². The van der Waals surface area contributed by atoms with Crippen molar-refractivity contribution in [3.8, 4) is 0 Å². The van der Waals surface area contributed by atoms with Gasteiger partial charge in [-0.2, -0.15) is 0 Å². The van der Waals surface area contributed by atoms with Crippen molar-refractivity contribution < 1.29 is 22.4 Å². The molecule has 4 aromatic carbocycles. The molecule has 44 heavy (non-hydrogen) atoms. The Morgan fingerprint density at radius 3 is 2.09 bits per heavy atom. The zero-order chi connectivity index (χ0) is 31.7. The molecule has 0 aliphatic rings. The van der Waals surface area contributed by atoms with Gasteiger partial charge in [0.05, 0.1) is 10.6 Å². The number of anilines is 1. The largest absolute Gasteiger partial charge is 0.354 e. The van der Waals surface area contributed by atoms with Gasteiger partial charge in [0.25, 0.3) is 10.0 Å². The van der Waals surface area contributed by atoms with E-state index in [1.54, 1.807) is 36.4 Å². The quantitative estimate of drug-likeness (QED) is 0.193. The fourth-order valence-corrected chi connectivity index (χ4v) is 6.25. The van der Waals surface area contributed by atoms with E-state index in [1.807, 2.05) is 44.2 Å². The topological polar surface area (TPSA) is 86.8 Å². The second-order valence-electron chi connectivity index (χ2n) is 10.8. The summed E-state index contributed by atoms with van der Waals surface area (Å²) in [6.07, 6.45) is 0.181. The third kappa shape index (κ3) is 8.67. The normalized spacial score (nSPS) is 12.0. The van der Waals surface area contributed by atoms with Crippen LogP contribution in [0.4, 0.5) is 10.1 Å². The summed E-state index contributed by atoms with van der Waals surface area (Å²) in [4.78, 5) is 29.5. The first-order valence-corrected chi connectivity index (χ1v) is 16.1. The van der Waals surface area contributed by atoms with E-state index in [0.29, 0.717) is 17.1 Å². The molecule has 0 saturated heterocycles. The number of halogens is 2. The number of hydrogen-bond acceptors (Lipinski definition) is 4. The van der Waals surface area contributed by atoms with Crippen molar-refractivity contribution in [3.05, 3.63) is 131 Å². The third-order valence-corrected chi connectivity index (χ3v) is 8.95. The van der Waals surface area contributed by atoms with Gasteiger partial charge >= 0.3 is 0 Å². The Kier molecular flexibility index (Phi) is 11.1. The Morgan fingerprint density at radius 1 is 0.841 bits per heavy atom. The maximum atomic E-state index is 14.4. The molecule has 4 rings (SSSR count). The van der Waals surface area contributed by atoms with Gasteiger partial charge in [0, 0.05) is 24.5 Å². The molecule has 1 atom stereocenters. The first-order valence-electron chi connectivity index (χ1n) is 14.2. The van der Waals surface area contributed by atoms with Crippen LogP contribution in [0.2, 0.25) is 5.02 Å². The average Bonchev–Trinajstić information content (AvgIpc) is 3.02. The number of carbonyl (C=O) groups is 2. The molecular weight excluding hydrogens is 601 g/mol. The van der Waals surface area contributed by atoms with Crippen LogP contribution >= 0.6 is 11.6 Å². The summed E-state index contributed by atoms with van der Waals surface area (Å²) in [7, 11) is -4.23. The Morgan fingerprint density at radius 2 is 1.48 bits per heavy atom. The van der Waals surface area contributed by atoms with Gasteiger partial charge in [0.2, 0.25) is 11.8 Å². The number of hydrogen-bond donors (Lipinski definition) is 1. The molecular formula is C34H35ClFN3O4S. The average molecular weight is 636 g/mol. The SMILES string of the molecule is CC(C)CNC(=O)[C@H](Cc1ccccc1)N(Cc1ccc(F)cc1)C(=O)CN(c1cccc(Cl)c1)S(=O)(=O)c1ccccc1. The van der Waals surface area contributed by atoms with Crippen LogP contribution in [-0.4, -0.2) is 44.3 Å². The molecule has 0 bridgehead atoms. The van der Waals surface area contributed by atoms with E-state index in [1.165, 1.54) is 47.4 Å². The highest BCUT2D eigenvalue weighted by Crippen LogP contribution is 2.27. The molecule has 0 fully saturated rings. The van der Waals surface area contributed by atoms with Crippen LogP contribution in [0, 0.1) is 11.7 Å². The van der Waals surface area contributed by atoms with Crippen LogP contribution < -0.4 is 9.62 Å². The highest BCUT2D eigenvalue weighted by atomic mass is 35.5. The number of benzene rings is 4. The second-order valence-corrected chi connectivity index (χ2v) is 13.1. The maximum absolute atomic E-state index is 14.4. The van der Waals surface area contributed by atoms with Crippen LogP contribution in [-0.2, 0) is 32.6 Å². The van der Waals surface area contributed by atoms with Crippen molar-refractivity contribution >= 4 is 39.1 Å². The van der Waals surface area contributed by atoms with E-state index < -0.39 is 34.3 Å². The molecule has 230 valence electrons. The minimum atomic E-state index is -4.23. The van der Waals surface area contributed by atoms with E-state index in [4.69, 9.17) is 11.6 Å². The molecule has 7 nitrogen and oxygen atoms in total. The highest BCUT2D eigenvalue weighted by molar-refractivity contribution is 7.92.